The van der Waals surface area contributed by atoms with Gasteiger partial charge in [-0.05, 0) is 110 Å². The summed E-state index contributed by atoms with van der Waals surface area (Å²) in [5.41, 5.74) is 3.76. The second-order valence-corrected chi connectivity index (χ2v) is 24.2. The highest BCUT2D eigenvalue weighted by atomic mass is 16.8. The molecule has 0 aromatic rings. The number of ketones is 1. The van der Waals surface area contributed by atoms with E-state index in [9.17, 15) is 60.3 Å². The van der Waals surface area contributed by atoms with Gasteiger partial charge >= 0.3 is 5.97 Å². The maximum absolute atomic E-state index is 14.4. The van der Waals surface area contributed by atoms with Crippen molar-refractivity contribution in [3.05, 3.63) is 11.6 Å². The molecule has 70 heavy (non-hydrogen) atoms. The fourth-order valence-corrected chi connectivity index (χ4v) is 15.6. The SMILES string of the molecule is C[C@@H]1[C@H](O)C(O[C@@H]2C(O[C@H]3CCC4(C)C5CC=C6C7CC(C)(C)CCC7(C(=O)CCCN)[C@@H](O)C[C@@]6(C)[C@@]5(C)CC[C@H]4[C@@]3(C)C=O)OC(C(=O)O)[C@@H](O)[C@@H]2OC2OC[C@@H](O)[C@H](O)[C@@H]2O)OC(CO)[C@@H]1O. The fourth-order valence-electron chi connectivity index (χ4n) is 15.6. The molecule has 5 aliphatic carbocycles. The number of Topliss-reactive ketones (excluding diaryl/α,β-unsaturated/α-hetero) is 1. The summed E-state index contributed by atoms with van der Waals surface area (Å²) < 4.78 is 36.6. The summed E-state index contributed by atoms with van der Waals surface area (Å²) >= 11 is 0. The minimum Gasteiger partial charge on any atom is -0.479 e. The van der Waals surface area contributed by atoms with Gasteiger partial charge in [0.1, 0.15) is 60.9 Å². The number of nitrogens with two attached hydrogens (primary N) is 1. The van der Waals surface area contributed by atoms with Crippen molar-refractivity contribution in [1.82, 2.24) is 0 Å². The quantitative estimate of drug-likeness (QED) is 0.0701. The highest BCUT2D eigenvalue weighted by Crippen LogP contribution is 2.76. The first-order chi connectivity index (χ1) is 32.8. The third kappa shape index (κ3) is 8.50. The Labute approximate surface area is 410 Å². The predicted molar refractivity (Wildman–Crippen MR) is 246 cm³/mol. The fraction of sp³-hybridized carbons (Fsp3) is 0.902. The van der Waals surface area contributed by atoms with Crippen molar-refractivity contribution in [2.45, 2.75) is 211 Å². The van der Waals surface area contributed by atoms with Crippen LogP contribution in [-0.2, 0) is 42.8 Å². The molecule has 3 heterocycles. The van der Waals surface area contributed by atoms with Gasteiger partial charge in [-0.3, -0.25) is 4.79 Å². The number of carboxylic acid groups (broad SMARTS) is 1. The summed E-state index contributed by atoms with van der Waals surface area (Å²) in [6.07, 6.45) is -14.1. The largest absolute Gasteiger partial charge is 0.479 e. The number of carboxylic acids is 1. The standard InChI is InChI=1S/C51H81NO18/c1-24-34(58)28(21-53)66-44(35(24)59)70-41-39(68-43-37(61)36(60)27(55)22-65-43)38(62)40(42(63)64)69-45(41)67-33-13-14-47(4)29(48(33,5)23-54)12-15-49(6)30(47)11-10-25-26-19-46(2,3)16-17-51(26,31(56)9-8-18-52)32(57)20-50(25,49)7/h10,23-24,26-30,32-41,43-45,53,55,57-62H,8-9,11-22,52H2,1-7H3,(H,63,64)/t24-,26?,27+,28?,29+,30?,32-,33-,34+,35-,36-,37-,38-,39-,40?,41-,43?,44?,45?,47?,48+,49-,50+,51?/m0/s1. The average molecular weight is 996 g/mol. The van der Waals surface area contributed by atoms with Crippen molar-refractivity contribution >= 4 is 18.0 Å². The van der Waals surface area contributed by atoms with Crippen molar-refractivity contribution in [2.24, 2.45) is 61.9 Å². The Morgan fingerprint density at radius 1 is 0.800 bits per heavy atom. The number of rotatable bonds is 13. The molecule has 19 heteroatoms. The molecule has 8 rings (SSSR count). The van der Waals surface area contributed by atoms with Crippen LogP contribution >= 0.6 is 0 Å². The number of aliphatic hydroxyl groups excluding tert-OH is 8. The Morgan fingerprint density at radius 2 is 1.50 bits per heavy atom. The Hall–Kier alpha value is -2.05. The van der Waals surface area contributed by atoms with Gasteiger partial charge in [0, 0.05) is 12.3 Å². The highest BCUT2D eigenvalue weighted by Gasteiger charge is 2.72. The molecule has 19 nitrogen and oxygen atoms in total. The van der Waals surface area contributed by atoms with Crippen LogP contribution in [0.4, 0.5) is 0 Å². The molecular weight excluding hydrogens is 915 g/mol. The van der Waals surface area contributed by atoms with Gasteiger partial charge in [-0.2, -0.15) is 0 Å². The molecule has 0 amide bonds. The molecule has 24 atom stereocenters. The molecule has 0 aromatic carbocycles. The Kier molecular flexibility index (Phi) is 15.2. The van der Waals surface area contributed by atoms with Crippen LogP contribution in [-0.4, -0.2) is 176 Å². The van der Waals surface area contributed by atoms with Crippen LogP contribution in [0, 0.1) is 56.2 Å². The van der Waals surface area contributed by atoms with Gasteiger partial charge in [-0.1, -0.05) is 60.1 Å². The van der Waals surface area contributed by atoms with E-state index < -0.39 is 139 Å². The number of fused-ring (bicyclic) bond motifs is 7. The first kappa shape index (κ1) is 54.2. The molecule has 0 aromatic heterocycles. The molecule has 398 valence electrons. The highest BCUT2D eigenvalue weighted by molar-refractivity contribution is 5.87. The summed E-state index contributed by atoms with van der Waals surface area (Å²) in [7, 11) is 0. The number of hydrogen-bond donors (Lipinski definition) is 10. The molecule has 3 saturated heterocycles. The number of hydrogen-bond acceptors (Lipinski definition) is 18. The van der Waals surface area contributed by atoms with Crippen molar-refractivity contribution < 1.29 is 88.8 Å². The summed E-state index contributed by atoms with van der Waals surface area (Å²) in [5.74, 6) is -2.80. The third-order valence-corrected chi connectivity index (χ3v) is 20.0. The van der Waals surface area contributed by atoms with E-state index in [4.69, 9.17) is 34.2 Å². The summed E-state index contributed by atoms with van der Waals surface area (Å²) in [4.78, 5) is 41.1. The molecule has 8 aliphatic rings. The van der Waals surface area contributed by atoms with E-state index in [1.165, 1.54) is 12.5 Å². The molecule has 9 unspecified atom stereocenters. The van der Waals surface area contributed by atoms with E-state index in [1.54, 1.807) is 0 Å². The maximum atomic E-state index is 14.4. The van der Waals surface area contributed by atoms with Gasteiger partial charge < -0.3 is 84.9 Å². The van der Waals surface area contributed by atoms with E-state index in [2.05, 4.69) is 40.7 Å². The van der Waals surface area contributed by atoms with Gasteiger partial charge in [0.05, 0.1) is 42.4 Å². The molecule has 4 saturated carbocycles. The van der Waals surface area contributed by atoms with Crippen LogP contribution in [0.15, 0.2) is 11.6 Å². The van der Waals surface area contributed by atoms with E-state index >= 15 is 0 Å². The van der Waals surface area contributed by atoms with Crippen LogP contribution in [0.1, 0.15) is 119 Å². The minimum atomic E-state index is -2.07. The Morgan fingerprint density at radius 3 is 2.16 bits per heavy atom. The second-order valence-electron chi connectivity index (χ2n) is 24.2. The summed E-state index contributed by atoms with van der Waals surface area (Å²) in [6, 6.07) is 0. The van der Waals surface area contributed by atoms with E-state index in [0.29, 0.717) is 57.9 Å². The van der Waals surface area contributed by atoms with Crippen LogP contribution in [0.2, 0.25) is 0 Å². The number of aliphatic hydroxyl groups is 8. The average Bonchev–Trinajstić information content (AvgIpc) is 3.30. The first-order valence-corrected chi connectivity index (χ1v) is 25.7. The molecule has 0 spiro atoms. The van der Waals surface area contributed by atoms with Gasteiger partial charge in [0.25, 0.3) is 0 Å². The normalized spacial score (nSPS) is 52.2. The smallest absolute Gasteiger partial charge is 0.335 e. The van der Waals surface area contributed by atoms with E-state index in [1.807, 2.05) is 6.92 Å². The van der Waals surface area contributed by atoms with Crippen LogP contribution < -0.4 is 5.73 Å². The number of aldehydes is 1. The third-order valence-electron chi connectivity index (χ3n) is 20.0. The van der Waals surface area contributed by atoms with E-state index in [-0.39, 0.29) is 40.8 Å². The number of allylic oxidation sites excluding steroid dienone is 2. The summed E-state index contributed by atoms with van der Waals surface area (Å²) in [5, 5.41) is 98.4. The monoisotopic (exact) mass is 996 g/mol. The number of carbonyl (C=O) groups excluding carboxylic acids is 2. The lowest BCUT2D eigenvalue weighted by Crippen LogP contribution is -2.69. The molecule has 0 radical (unpaired) electrons. The lowest BCUT2D eigenvalue weighted by atomic mass is 9.33. The van der Waals surface area contributed by atoms with Gasteiger partial charge in [-0.25, -0.2) is 4.79 Å². The lowest BCUT2D eigenvalue weighted by Gasteiger charge is -2.71. The Bertz CT molecular complexity index is 1970. The van der Waals surface area contributed by atoms with Crippen LogP contribution in [0.5, 0.6) is 0 Å². The van der Waals surface area contributed by atoms with Crippen LogP contribution in [0.3, 0.4) is 0 Å². The zero-order chi connectivity index (χ0) is 51.3. The van der Waals surface area contributed by atoms with Crippen molar-refractivity contribution in [3.63, 3.8) is 0 Å². The molecule has 11 N–H and O–H groups in total. The number of carbonyl (C=O) groups is 3. The van der Waals surface area contributed by atoms with Gasteiger partial charge in [-0.15, -0.1) is 0 Å². The number of ether oxygens (including phenoxy) is 6. The lowest BCUT2D eigenvalue weighted by molar-refractivity contribution is -0.389. The molecule has 0 bridgehead atoms. The van der Waals surface area contributed by atoms with Gasteiger partial charge in [0.15, 0.2) is 25.0 Å². The first-order valence-electron chi connectivity index (χ1n) is 25.7. The summed E-state index contributed by atoms with van der Waals surface area (Å²) in [6.45, 7) is 13.9. The molecular formula is C51H81NO18. The topological polar surface area (TPSA) is 315 Å². The van der Waals surface area contributed by atoms with Crippen molar-refractivity contribution in [1.29, 1.82) is 0 Å². The van der Waals surface area contributed by atoms with Crippen LogP contribution in [0.25, 0.3) is 0 Å². The Balaban J connectivity index is 1.12. The zero-order valence-electron chi connectivity index (χ0n) is 41.8. The van der Waals surface area contributed by atoms with Crippen molar-refractivity contribution in [2.75, 3.05) is 19.8 Å². The zero-order valence-corrected chi connectivity index (χ0v) is 41.8. The van der Waals surface area contributed by atoms with E-state index in [0.717, 1.165) is 19.1 Å². The van der Waals surface area contributed by atoms with Crippen molar-refractivity contribution in [3.8, 4) is 0 Å². The van der Waals surface area contributed by atoms with Gasteiger partial charge in [0.2, 0.25) is 0 Å². The molecule has 3 aliphatic heterocycles. The minimum absolute atomic E-state index is 0.0313. The second kappa shape index (κ2) is 19.6. The predicted octanol–water partition coefficient (Wildman–Crippen LogP) is 1.09. The molecule has 7 fully saturated rings. The maximum Gasteiger partial charge on any atom is 0.335 e. The number of aliphatic carboxylic acids is 1.